The Morgan fingerprint density at radius 1 is 1.03 bits per heavy atom. The van der Waals surface area contributed by atoms with E-state index >= 15 is 0 Å². The molecule has 0 saturated carbocycles. The van der Waals surface area contributed by atoms with Gasteiger partial charge in [-0.1, -0.05) is 11.3 Å². The molecule has 0 unspecified atom stereocenters. The largest absolute Gasteiger partial charge is 0.497 e. The summed E-state index contributed by atoms with van der Waals surface area (Å²) in [5, 5.41) is 9.22. The topological polar surface area (TPSA) is 148 Å². The molecule has 0 spiro atoms. The van der Waals surface area contributed by atoms with Crippen molar-refractivity contribution in [3.8, 4) is 5.75 Å². The van der Waals surface area contributed by atoms with Gasteiger partial charge in [0.15, 0.2) is 10.8 Å². The highest BCUT2D eigenvalue weighted by Crippen LogP contribution is 2.31. The first-order valence-electron chi connectivity index (χ1n) is 11.1. The van der Waals surface area contributed by atoms with Crippen molar-refractivity contribution in [1.29, 1.82) is 0 Å². The van der Waals surface area contributed by atoms with Crippen molar-refractivity contribution in [3.63, 3.8) is 0 Å². The first-order chi connectivity index (χ1) is 17.4. The van der Waals surface area contributed by atoms with Crippen molar-refractivity contribution >= 4 is 50.6 Å². The first-order valence-corrected chi connectivity index (χ1v) is 12.0. The molecule has 0 bridgehead atoms. The smallest absolute Gasteiger partial charge is 0.270 e. The number of methoxy groups -OCH3 is 1. The zero-order valence-electron chi connectivity index (χ0n) is 19.6. The number of aromatic nitrogens is 1. The Labute approximate surface area is 211 Å². The van der Waals surface area contributed by atoms with Crippen molar-refractivity contribution in [3.05, 3.63) is 59.8 Å². The Kier molecular flexibility index (Phi) is 8.10. The molecule has 1 aliphatic heterocycles. The average Bonchev–Trinajstić information content (AvgIpc) is 3.27. The Hall–Kier alpha value is -4.00. The summed E-state index contributed by atoms with van der Waals surface area (Å²) in [4.78, 5) is 43.2. The number of primary amides is 1. The number of anilines is 4. The number of thiazole rings is 1. The van der Waals surface area contributed by atoms with Crippen LogP contribution in [0, 0.1) is 0 Å². The summed E-state index contributed by atoms with van der Waals surface area (Å²) in [7, 11) is 1.58. The maximum Gasteiger partial charge on any atom is 0.270 e. The van der Waals surface area contributed by atoms with E-state index in [1.807, 2.05) is 4.90 Å². The monoisotopic (exact) mass is 510 g/mol. The van der Waals surface area contributed by atoms with Crippen molar-refractivity contribution in [2.45, 2.75) is 0 Å². The van der Waals surface area contributed by atoms with Gasteiger partial charge in [0.2, 0.25) is 5.91 Å². The average molecular weight is 511 g/mol. The summed E-state index contributed by atoms with van der Waals surface area (Å²) in [5.41, 5.74) is 7.07. The van der Waals surface area contributed by atoms with Crippen LogP contribution in [0.15, 0.2) is 48.5 Å². The van der Waals surface area contributed by atoms with E-state index in [4.69, 9.17) is 15.2 Å². The number of hydrogen-bond donors (Lipinski definition) is 4. The Balaban J connectivity index is 1.38. The molecule has 1 aromatic heterocycles. The van der Waals surface area contributed by atoms with Crippen LogP contribution in [0.1, 0.15) is 20.8 Å². The lowest BCUT2D eigenvalue weighted by Crippen LogP contribution is -2.41. The van der Waals surface area contributed by atoms with Gasteiger partial charge in [-0.15, -0.1) is 0 Å². The van der Waals surface area contributed by atoms with Gasteiger partial charge in [0.05, 0.1) is 26.9 Å². The quantitative estimate of drug-likeness (QED) is 0.343. The van der Waals surface area contributed by atoms with Crippen LogP contribution in [0.25, 0.3) is 0 Å². The van der Waals surface area contributed by atoms with Crippen LogP contribution in [0.4, 0.5) is 21.5 Å². The third kappa shape index (κ3) is 6.56. The SMILES string of the molecule is COc1ccc(Nc2nc(C(N)=O)c(NC(=O)c3ccc(NC(=O)CN4CCOCC4)cc3)s2)cc1. The highest BCUT2D eigenvalue weighted by atomic mass is 32.1. The molecule has 12 heteroatoms. The van der Waals surface area contributed by atoms with E-state index in [0.717, 1.165) is 17.0 Å². The molecule has 2 heterocycles. The van der Waals surface area contributed by atoms with Gasteiger partial charge in [-0.2, -0.15) is 0 Å². The van der Waals surface area contributed by atoms with Crippen LogP contribution in [0.5, 0.6) is 5.75 Å². The highest BCUT2D eigenvalue weighted by molar-refractivity contribution is 7.20. The third-order valence-electron chi connectivity index (χ3n) is 5.33. The molecule has 1 fully saturated rings. The lowest BCUT2D eigenvalue weighted by Gasteiger charge is -2.25. The second-order valence-electron chi connectivity index (χ2n) is 7.88. The van der Waals surface area contributed by atoms with Gasteiger partial charge in [0.25, 0.3) is 11.8 Å². The zero-order chi connectivity index (χ0) is 25.5. The van der Waals surface area contributed by atoms with E-state index in [2.05, 4.69) is 20.9 Å². The summed E-state index contributed by atoms with van der Waals surface area (Å²) in [6, 6.07) is 13.6. The summed E-state index contributed by atoms with van der Waals surface area (Å²) in [6.45, 7) is 2.95. The van der Waals surface area contributed by atoms with E-state index in [-0.39, 0.29) is 23.1 Å². The molecule has 11 nitrogen and oxygen atoms in total. The van der Waals surface area contributed by atoms with Crippen molar-refractivity contribution in [2.75, 3.05) is 55.9 Å². The number of hydrogen-bond acceptors (Lipinski definition) is 9. The maximum atomic E-state index is 12.8. The number of benzene rings is 2. The van der Waals surface area contributed by atoms with E-state index in [1.165, 1.54) is 0 Å². The van der Waals surface area contributed by atoms with Crippen LogP contribution in [0.2, 0.25) is 0 Å². The normalized spacial score (nSPS) is 13.6. The predicted molar refractivity (Wildman–Crippen MR) is 137 cm³/mol. The third-order valence-corrected chi connectivity index (χ3v) is 6.22. The van der Waals surface area contributed by atoms with Crippen LogP contribution in [-0.4, -0.2) is 67.6 Å². The fourth-order valence-electron chi connectivity index (χ4n) is 3.47. The minimum Gasteiger partial charge on any atom is -0.497 e. The molecule has 188 valence electrons. The number of carbonyl (C=O) groups excluding carboxylic acids is 3. The minimum absolute atomic E-state index is 0.0450. The fourth-order valence-corrected chi connectivity index (χ4v) is 4.35. The standard InChI is InChI=1S/C24H26N6O5S/c1-34-18-8-6-17(7-9-18)27-24-28-20(21(25)32)23(36-24)29-22(33)15-2-4-16(5-3-15)26-19(31)14-30-10-12-35-13-11-30/h2-9H,10-14H2,1H3,(H2,25,32)(H,26,31)(H,27,28)(H,29,33). The van der Waals surface area contributed by atoms with Gasteiger partial charge in [0.1, 0.15) is 10.8 Å². The van der Waals surface area contributed by atoms with E-state index in [0.29, 0.717) is 48.4 Å². The molecular weight excluding hydrogens is 484 g/mol. The van der Waals surface area contributed by atoms with Gasteiger partial charge < -0.3 is 31.2 Å². The van der Waals surface area contributed by atoms with E-state index in [1.54, 1.807) is 55.6 Å². The van der Waals surface area contributed by atoms with Crippen LogP contribution < -0.4 is 26.4 Å². The van der Waals surface area contributed by atoms with Crippen LogP contribution >= 0.6 is 11.3 Å². The summed E-state index contributed by atoms with van der Waals surface area (Å²) >= 11 is 1.09. The van der Waals surface area contributed by atoms with Gasteiger partial charge >= 0.3 is 0 Å². The first kappa shape index (κ1) is 25.1. The maximum absolute atomic E-state index is 12.8. The summed E-state index contributed by atoms with van der Waals surface area (Å²) in [5.74, 6) is -0.638. The Bertz CT molecular complexity index is 1220. The van der Waals surface area contributed by atoms with Crippen molar-refractivity contribution in [1.82, 2.24) is 9.88 Å². The molecule has 0 atom stereocenters. The number of nitrogens with zero attached hydrogens (tertiary/aromatic N) is 2. The van der Waals surface area contributed by atoms with E-state index < -0.39 is 11.8 Å². The molecule has 5 N–H and O–H groups in total. The number of amides is 3. The minimum atomic E-state index is -0.761. The number of nitrogens with two attached hydrogens (primary N) is 1. The zero-order valence-corrected chi connectivity index (χ0v) is 20.4. The molecule has 36 heavy (non-hydrogen) atoms. The van der Waals surface area contributed by atoms with Gasteiger partial charge in [-0.3, -0.25) is 19.3 Å². The van der Waals surface area contributed by atoms with Gasteiger partial charge in [0, 0.05) is 30.0 Å². The molecule has 4 rings (SSSR count). The Morgan fingerprint density at radius 3 is 2.33 bits per heavy atom. The molecule has 1 saturated heterocycles. The molecule has 1 aliphatic rings. The predicted octanol–water partition coefficient (Wildman–Crippen LogP) is 2.52. The molecule has 0 radical (unpaired) electrons. The van der Waals surface area contributed by atoms with E-state index in [9.17, 15) is 14.4 Å². The highest BCUT2D eigenvalue weighted by Gasteiger charge is 2.19. The second-order valence-corrected chi connectivity index (χ2v) is 8.88. The van der Waals surface area contributed by atoms with Crippen LogP contribution in [-0.2, 0) is 9.53 Å². The summed E-state index contributed by atoms with van der Waals surface area (Å²) in [6.07, 6.45) is 0. The number of nitrogens with one attached hydrogen (secondary N) is 3. The van der Waals surface area contributed by atoms with Gasteiger partial charge in [-0.25, -0.2) is 4.98 Å². The number of carbonyl (C=O) groups is 3. The van der Waals surface area contributed by atoms with Crippen LogP contribution in [0.3, 0.4) is 0 Å². The Morgan fingerprint density at radius 2 is 1.69 bits per heavy atom. The molecular formula is C24H26N6O5S. The molecule has 0 aliphatic carbocycles. The lowest BCUT2D eigenvalue weighted by atomic mass is 10.2. The lowest BCUT2D eigenvalue weighted by molar-refractivity contribution is -0.118. The molecule has 3 amide bonds. The van der Waals surface area contributed by atoms with Gasteiger partial charge in [-0.05, 0) is 48.5 Å². The molecule has 3 aromatic rings. The summed E-state index contributed by atoms with van der Waals surface area (Å²) < 4.78 is 10.4. The number of morpholine rings is 1. The fraction of sp³-hybridized carbons (Fsp3) is 0.250. The number of ether oxygens (including phenoxy) is 2. The van der Waals surface area contributed by atoms with Crippen molar-refractivity contribution in [2.24, 2.45) is 5.73 Å². The molecule has 2 aromatic carbocycles. The number of rotatable bonds is 9. The second kappa shape index (κ2) is 11.6. The van der Waals surface area contributed by atoms with Crippen molar-refractivity contribution < 1.29 is 23.9 Å².